The summed E-state index contributed by atoms with van der Waals surface area (Å²) in [6, 6.07) is 25.2. The predicted octanol–water partition coefficient (Wildman–Crippen LogP) is 7.51. The maximum atomic E-state index is 13.6. The van der Waals surface area contributed by atoms with E-state index in [-0.39, 0.29) is 5.91 Å². The Balaban J connectivity index is 1.51. The molecule has 5 nitrogen and oxygen atoms in total. The van der Waals surface area contributed by atoms with Gasteiger partial charge < -0.3 is 9.15 Å². The van der Waals surface area contributed by atoms with Gasteiger partial charge in [0.25, 0.3) is 5.91 Å². The number of ether oxygens (including phenoxy) is 1. The summed E-state index contributed by atoms with van der Waals surface area (Å²) in [5.74, 6) is 0.468. The van der Waals surface area contributed by atoms with E-state index in [2.05, 4.69) is 0 Å². The van der Waals surface area contributed by atoms with Gasteiger partial charge in [0.05, 0.1) is 28.4 Å². The van der Waals surface area contributed by atoms with Crippen LogP contribution in [0.1, 0.15) is 21.7 Å². The first-order chi connectivity index (χ1) is 17.4. The summed E-state index contributed by atoms with van der Waals surface area (Å²) in [5, 5.41) is 0.893. The monoisotopic (exact) mass is 515 g/mol. The number of methoxy groups -OCH3 is 1. The molecule has 3 aromatic carbocycles. The van der Waals surface area contributed by atoms with Crippen LogP contribution in [0.3, 0.4) is 0 Å². The van der Waals surface area contributed by atoms with Crippen molar-refractivity contribution in [1.82, 2.24) is 0 Å². The molecule has 178 valence electrons. The summed E-state index contributed by atoms with van der Waals surface area (Å²) >= 11 is 12.2. The lowest BCUT2D eigenvalue weighted by Gasteiger charge is -2.21. The zero-order valence-corrected chi connectivity index (χ0v) is 20.6. The van der Waals surface area contributed by atoms with Crippen LogP contribution in [0.4, 0.5) is 5.69 Å². The molecule has 0 atom stereocenters. The second kappa shape index (κ2) is 9.90. The van der Waals surface area contributed by atoms with E-state index in [1.54, 1.807) is 53.4 Å². The Labute approximate surface area is 217 Å². The average Bonchev–Trinajstić information content (AvgIpc) is 3.50. The van der Waals surface area contributed by atoms with Crippen molar-refractivity contribution in [2.24, 2.45) is 0 Å². The first-order valence-corrected chi connectivity index (χ1v) is 11.8. The van der Waals surface area contributed by atoms with Gasteiger partial charge in [-0.3, -0.25) is 9.69 Å². The summed E-state index contributed by atoms with van der Waals surface area (Å²) in [4.78, 5) is 27.0. The highest BCUT2D eigenvalue weighted by molar-refractivity contribution is 6.42. The van der Waals surface area contributed by atoms with Crippen LogP contribution in [0.25, 0.3) is 23.1 Å². The molecule has 0 saturated carbocycles. The van der Waals surface area contributed by atoms with Gasteiger partial charge in [0.1, 0.15) is 11.5 Å². The van der Waals surface area contributed by atoms with Gasteiger partial charge in [0.2, 0.25) is 0 Å². The fourth-order valence-electron chi connectivity index (χ4n) is 3.95. The van der Waals surface area contributed by atoms with Crippen molar-refractivity contribution in [3.8, 4) is 11.3 Å². The molecular weight excluding hydrogens is 497 g/mol. The largest absolute Gasteiger partial charge is 0.465 e. The molecule has 0 aliphatic carbocycles. The van der Waals surface area contributed by atoms with Crippen molar-refractivity contribution in [2.75, 3.05) is 12.0 Å². The van der Waals surface area contributed by atoms with Crippen molar-refractivity contribution in [1.29, 1.82) is 0 Å². The van der Waals surface area contributed by atoms with E-state index in [0.29, 0.717) is 44.1 Å². The molecule has 0 spiro atoms. The average molecular weight is 516 g/mol. The molecule has 0 fully saturated rings. The minimum atomic E-state index is -0.440. The van der Waals surface area contributed by atoms with Crippen LogP contribution in [0.2, 0.25) is 10.0 Å². The molecule has 0 unspecified atom stereocenters. The third-order valence-corrected chi connectivity index (χ3v) is 6.47. The summed E-state index contributed by atoms with van der Waals surface area (Å²) < 4.78 is 10.8. The number of nitrogens with zero attached hydrogens (tertiary/aromatic N) is 1. The molecule has 0 N–H and O–H groups in total. The van der Waals surface area contributed by atoms with Gasteiger partial charge in [0, 0.05) is 16.8 Å². The molecule has 1 aromatic heterocycles. The Bertz CT molecular complexity index is 1520. The minimum Gasteiger partial charge on any atom is -0.465 e. The van der Waals surface area contributed by atoms with Crippen LogP contribution in [-0.4, -0.2) is 19.0 Å². The van der Waals surface area contributed by atoms with Crippen LogP contribution >= 0.6 is 23.2 Å². The summed E-state index contributed by atoms with van der Waals surface area (Å²) in [5.41, 5.74) is 3.86. The van der Waals surface area contributed by atoms with Gasteiger partial charge in [-0.1, -0.05) is 53.5 Å². The molecular formula is C29H19Cl2NO4. The molecule has 0 radical (unpaired) electrons. The van der Waals surface area contributed by atoms with Gasteiger partial charge in [-0.25, -0.2) is 4.79 Å². The Morgan fingerprint density at radius 3 is 2.33 bits per heavy atom. The lowest BCUT2D eigenvalue weighted by molar-refractivity contribution is -0.113. The number of hydrogen-bond acceptors (Lipinski definition) is 4. The topological polar surface area (TPSA) is 59.8 Å². The fraction of sp³-hybridized carbons (Fsp3) is 0.0345. The van der Waals surface area contributed by atoms with Crippen LogP contribution < -0.4 is 4.90 Å². The quantitative estimate of drug-likeness (QED) is 0.204. The Kier molecular flexibility index (Phi) is 6.51. The summed E-state index contributed by atoms with van der Waals surface area (Å²) in [6.45, 7) is 0. The number of amides is 1. The lowest BCUT2D eigenvalue weighted by Crippen LogP contribution is -2.25. The zero-order valence-electron chi connectivity index (χ0n) is 19.1. The molecule has 1 aliphatic rings. The maximum absolute atomic E-state index is 13.6. The van der Waals surface area contributed by atoms with Crippen molar-refractivity contribution >= 4 is 52.5 Å². The first-order valence-electron chi connectivity index (χ1n) is 11.0. The number of furan rings is 1. The van der Waals surface area contributed by atoms with E-state index in [4.69, 9.17) is 32.4 Å². The molecule has 1 amide bonds. The highest BCUT2D eigenvalue weighted by Gasteiger charge is 2.30. The van der Waals surface area contributed by atoms with E-state index in [0.717, 1.165) is 11.1 Å². The second-order valence-electron chi connectivity index (χ2n) is 8.01. The molecule has 36 heavy (non-hydrogen) atoms. The van der Waals surface area contributed by atoms with Crippen LogP contribution in [-0.2, 0) is 9.53 Å². The maximum Gasteiger partial charge on any atom is 0.337 e. The standard InChI is InChI=1S/C29H19Cl2NO4/c1-35-29(34)19-7-10-22(11-8-19)32-26(18-5-3-2-4-6-18)17-21(28(32)33)15-23-12-14-27(36-23)20-9-13-24(30)25(31)16-20/h2-17H,1H3. The van der Waals surface area contributed by atoms with Gasteiger partial charge in [-0.05, 0) is 72.3 Å². The van der Waals surface area contributed by atoms with Crippen molar-refractivity contribution in [2.45, 2.75) is 0 Å². The van der Waals surface area contributed by atoms with E-state index >= 15 is 0 Å². The lowest BCUT2D eigenvalue weighted by atomic mass is 10.1. The van der Waals surface area contributed by atoms with Crippen molar-refractivity contribution < 1.29 is 18.7 Å². The molecule has 7 heteroatoms. The SMILES string of the molecule is COC(=O)c1ccc(N2C(=O)C(=Cc3ccc(-c4ccc(Cl)c(Cl)c4)o3)C=C2c2ccccc2)cc1. The molecule has 1 aliphatic heterocycles. The van der Waals surface area contributed by atoms with Gasteiger partial charge in [0.15, 0.2) is 0 Å². The number of esters is 1. The van der Waals surface area contributed by atoms with Gasteiger partial charge in [-0.15, -0.1) is 0 Å². The normalized spacial score (nSPS) is 14.3. The molecule has 0 bridgehead atoms. The van der Waals surface area contributed by atoms with Gasteiger partial charge >= 0.3 is 5.97 Å². The van der Waals surface area contributed by atoms with Crippen LogP contribution in [0, 0.1) is 0 Å². The number of carbonyl (C=O) groups excluding carboxylic acids is 2. The number of halogens is 2. The fourth-order valence-corrected chi connectivity index (χ4v) is 4.24. The smallest absolute Gasteiger partial charge is 0.337 e. The van der Waals surface area contributed by atoms with Crippen molar-refractivity contribution in [3.05, 3.63) is 124 Å². The van der Waals surface area contributed by atoms with E-state index in [9.17, 15) is 9.59 Å². The number of benzene rings is 3. The summed E-state index contributed by atoms with van der Waals surface area (Å²) in [7, 11) is 1.33. The third-order valence-electron chi connectivity index (χ3n) is 5.73. The minimum absolute atomic E-state index is 0.216. The Morgan fingerprint density at radius 1 is 0.889 bits per heavy atom. The number of anilines is 1. The van der Waals surface area contributed by atoms with E-state index < -0.39 is 5.97 Å². The van der Waals surface area contributed by atoms with Crippen LogP contribution in [0.5, 0.6) is 0 Å². The van der Waals surface area contributed by atoms with Gasteiger partial charge in [-0.2, -0.15) is 0 Å². The number of rotatable bonds is 5. The van der Waals surface area contributed by atoms with E-state index in [1.165, 1.54) is 7.11 Å². The molecule has 0 saturated heterocycles. The number of carbonyl (C=O) groups is 2. The second-order valence-corrected chi connectivity index (χ2v) is 8.82. The van der Waals surface area contributed by atoms with E-state index in [1.807, 2.05) is 48.5 Å². The molecule has 4 aromatic rings. The molecule has 5 rings (SSSR count). The van der Waals surface area contributed by atoms with Crippen LogP contribution in [0.15, 0.2) is 101 Å². The predicted molar refractivity (Wildman–Crippen MR) is 142 cm³/mol. The highest BCUT2D eigenvalue weighted by Crippen LogP contribution is 2.36. The Morgan fingerprint density at radius 2 is 1.64 bits per heavy atom. The summed E-state index contributed by atoms with van der Waals surface area (Å²) in [6.07, 6.45) is 3.53. The highest BCUT2D eigenvalue weighted by atomic mass is 35.5. The zero-order chi connectivity index (χ0) is 25.2. The first kappa shape index (κ1) is 23.7. The Hall–Kier alpha value is -4.06. The molecule has 2 heterocycles. The van der Waals surface area contributed by atoms with Crippen molar-refractivity contribution in [3.63, 3.8) is 0 Å². The third kappa shape index (κ3) is 4.59. The number of hydrogen-bond donors (Lipinski definition) is 0.